The Balaban J connectivity index is 1.48. The van der Waals surface area contributed by atoms with Gasteiger partial charge in [0.1, 0.15) is 0 Å². The molecule has 1 atom stereocenters. The van der Waals surface area contributed by atoms with Gasteiger partial charge in [0, 0.05) is 44.1 Å². The molecule has 2 amide bonds. The number of aromatic nitrogens is 1. The number of pyridine rings is 1. The number of carbonyl (C=O) groups is 2. The van der Waals surface area contributed by atoms with Crippen LogP contribution in [0.25, 0.3) is 0 Å². The van der Waals surface area contributed by atoms with Crippen LogP contribution < -0.4 is 0 Å². The predicted octanol–water partition coefficient (Wildman–Crippen LogP) is 3.01. The zero-order chi connectivity index (χ0) is 19.7. The van der Waals surface area contributed by atoms with Crippen molar-refractivity contribution in [1.29, 1.82) is 0 Å². The lowest BCUT2D eigenvalue weighted by Crippen LogP contribution is -2.50. The summed E-state index contributed by atoms with van der Waals surface area (Å²) in [6, 6.07) is 7.06. The fraction of sp³-hybridized carbons (Fsp3) is 0.381. The molecule has 0 unspecified atom stereocenters. The number of amides is 2. The summed E-state index contributed by atoms with van der Waals surface area (Å²) >= 11 is 0. The van der Waals surface area contributed by atoms with Gasteiger partial charge in [-0.05, 0) is 49.1 Å². The Morgan fingerprint density at radius 3 is 2.61 bits per heavy atom. The van der Waals surface area contributed by atoms with Gasteiger partial charge in [-0.25, -0.2) is 8.78 Å². The molecule has 146 valence electrons. The van der Waals surface area contributed by atoms with Gasteiger partial charge in [-0.3, -0.25) is 14.6 Å². The summed E-state index contributed by atoms with van der Waals surface area (Å²) in [6.45, 7) is 1.75. The van der Waals surface area contributed by atoms with E-state index < -0.39 is 17.0 Å². The highest BCUT2D eigenvalue weighted by molar-refractivity contribution is 5.95. The van der Waals surface area contributed by atoms with Gasteiger partial charge in [-0.1, -0.05) is 6.07 Å². The molecule has 28 heavy (non-hydrogen) atoms. The number of rotatable bonds is 3. The summed E-state index contributed by atoms with van der Waals surface area (Å²) in [6.07, 6.45) is 5.34. The van der Waals surface area contributed by atoms with Gasteiger partial charge in [0.25, 0.3) is 5.91 Å². The Morgan fingerprint density at radius 1 is 1.07 bits per heavy atom. The van der Waals surface area contributed by atoms with Crippen LogP contribution in [0.3, 0.4) is 0 Å². The monoisotopic (exact) mass is 385 g/mol. The number of hydrogen-bond donors (Lipinski definition) is 0. The normalized spacial score (nSPS) is 22.1. The van der Waals surface area contributed by atoms with Crippen LogP contribution in [0.5, 0.6) is 0 Å². The predicted molar refractivity (Wildman–Crippen MR) is 98.2 cm³/mol. The molecule has 1 aromatic carbocycles. The molecule has 1 spiro atoms. The first-order valence-electron chi connectivity index (χ1n) is 9.41. The van der Waals surface area contributed by atoms with Gasteiger partial charge >= 0.3 is 0 Å². The molecule has 2 aromatic rings. The highest BCUT2D eigenvalue weighted by Crippen LogP contribution is 2.41. The molecule has 7 heteroatoms. The molecule has 1 aromatic heterocycles. The standard InChI is InChI=1S/C21H21F2N3O2/c22-17-3-2-15(12-18(17)23)13-25-10-1-6-21(20(25)28)7-11-26(14-21)19(27)16-4-8-24-9-5-16/h2-5,8-9,12H,1,6-7,10-11,13-14H2/t21-/m0/s1. The Labute approximate surface area is 162 Å². The van der Waals surface area contributed by atoms with E-state index in [0.29, 0.717) is 37.2 Å². The topological polar surface area (TPSA) is 53.5 Å². The van der Waals surface area contributed by atoms with Crippen LogP contribution in [0.15, 0.2) is 42.7 Å². The van der Waals surface area contributed by atoms with Crippen molar-refractivity contribution in [1.82, 2.24) is 14.8 Å². The Morgan fingerprint density at radius 2 is 1.86 bits per heavy atom. The number of carbonyl (C=O) groups excluding carboxylic acids is 2. The van der Waals surface area contributed by atoms with Gasteiger partial charge in [-0.15, -0.1) is 0 Å². The third-order valence-corrected chi connectivity index (χ3v) is 5.75. The van der Waals surface area contributed by atoms with E-state index in [1.165, 1.54) is 6.07 Å². The van der Waals surface area contributed by atoms with E-state index in [0.717, 1.165) is 25.0 Å². The molecule has 0 bridgehead atoms. The number of halogens is 2. The fourth-order valence-electron chi connectivity index (χ4n) is 4.26. The van der Waals surface area contributed by atoms with Crippen molar-refractivity contribution in [3.63, 3.8) is 0 Å². The van der Waals surface area contributed by atoms with Crippen LogP contribution in [-0.4, -0.2) is 46.2 Å². The van der Waals surface area contributed by atoms with E-state index in [4.69, 9.17) is 0 Å². The third-order valence-electron chi connectivity index (χ3n) is 5.75. The largest absolute Gasteiger partial charge is 0.338 e. The van der Waals surface area contributed by atoms with Gasteiger partial charge < -0.3 is 9.80 Å². The van der Waals surface area contributed by atoms with Gasteiger partial charge in [0.05, 0.1) is 5.41 Å². The lowest BCUT2D eigenvalue weighted by molar-refractivity contribution is -0.146. The van der Waals surface area contributed by atoms with Crippen LogP contribution in [0, 0.1) is 17.0 Å². The average Bonchev–Trinajstić information content (AvgIpc) is 3.13. The third kappa shape index (κ3) is 3.37. The van der Waals surface area contributed by atoms with Crippen molar-refractivity contribution < 1.29 is 18.4 Å². The summed E-state index contributed by atoms with van der Waals surface area (Å²) in [5.74, 6) is -1.91. The van der Waals surface area contributed by atoms with Crippen LogP contribution >= 0.6 is 0 Å². The second-order valence-corrected chi connectivity index (χ2v) is 7.57. The zero-order valence-corrected chi connectivity index (χ0v) is 15.4. The molecule has 0 radical (unpaired) electrons. The number of benzene rings is 1. The molecule has 0 aliphatic carbocycles. The number of nitrogens with zero attached hydrogens (tertiary/aromatic N) is 3. The lowest BCUT2D eigenvalue weighted by Gasteiger charge is -2.39. The van der Waals surface area contributed by atoms with Crippen LogP contribution in [0.1, 0.15) is 35.2 Å². The first-order valence-corrected chi connectivity index (χ1v) is 9.41. The minimum atomic E-state index is -0.910. The quantitative estimate of drug-likeness (QED) is 0.816. The van der Waals surface area contributed by atoms with Crippen molar-refractivity contribution in [3.8, 4) is 0 Å². The summed E-state index contributed by atoms with van der Waals surface area (Å²) in [5.41, 5.74) is 0.542. The van der Waals surface area contributed by atoms with Crippen molar-refractivity contribution in [2.24, 2.45) is 5.41 Å². The molecule has 2 fully saturated rings. The summed E-state index contributed by atoms with van der Waals surface area (Å²) in [4.78, 5) is 33.3. The van der Waals surface area contributed by atoms with Crippen molar-refractivity contribution in [3.05, 3.63) is 65.5 Å². The maximum atomic E-state index is 13.5. The molecule has 0 N–H and O–H groups in total. The molecular weight excluding hydrogens is 364 g/mol. The first kappa shape index (κ1) is 18.5. The highest BCUT2D eigenvalue weighted by Gasteiger charge is 2.49. The Bertz CT molecular complexity index is 906. The molecule has 2 aliphatic rings. The average molecular weight is 385 g/mol. The highest BCUT2D eigenvalue weighted by atomic mass is 19.2. The van der Waals surface area contributed by atoms with E-state index in [1.54, 1.807) is 34.3 Å². The number of piperidine rings is 1. The SMILES string of the molecule is O=C(c1ccncc1)N1CC[C@@]2(CCCN(Cc3ccc(F)c(F)c3)C2=O)C1. The summed E-state index contributed by atoms with van der Waals surface area (Å²) in [5, 5.41) is 0. The molecule has 0 saturated carbocycles. The lowest BCUT2D eigenvalue weighted by atomic mass is 9.78. The minimum Gasteiger partial charge on any atom is -0.338 e. The van der Waals surface area contributed by atoms with Crippen molar-refractivity contribution in [2.75, 3.05) is 19.6 Å². The molecule has 3 heterocycles. The van der Waals surface area contributed by atoms with Crippen molar-refractivity contribution >= 4 is 11.8 Å². The van der Waals surface area contributed by atoms with E-state index in [9.17, 15) is 18.4 Å². The van der Waals surface area contributed by atoms with Gasteiger partial charge in [-0.2, -0.15) is 0 Å². The molecule has 5 nitrogen and oxygen atoms in total. The summed E-state index contributed by atoms with van der Waals surface area (Å²) < 4.78 is 26.7. The van der Waals surface area contributed by atoms with Crippen LogP contribution in [0.2, 0.25) is 0 Å². The zero-order valence-electron chi connectivity index (χ0n) is 15.4. The van der Waals surface area contributed by atoms with Crippen LogP contribution in [0.4, 0.5) is 8.78 Å². The number of likely N-dealkylation sites (tertiary alicyclic amines) is 2. The Kier molecular flexibility index (Phi) is 4.83. The van der Waals surface area contributed by atoms with E-state index in [1.807, 2.05) is 0 Å². The van der Waals surface area contributed by atoms with Gasteiger partial charge in [0.15, 0.2) is 11.6 Å². The maximum absolute atomic E-state index is 13.5. The molecular formula is C21H21F2N3O2. The molecule has 2 aliphatic heterocycles. The second kappa shape index (κ2) is 7.30. The number of hydrogen-bond acceptors (Lipinski definition) is 3. The first-order chi connectivity index (χ1) is 13.5. The van der Waals surface area contributed by atoms with Crippen molar-refractivity contribution in [2.45, 2.75) is 25.8 Å². The second-order valence-electron chi connectivity index (χ2n) is 7.57. The molecule has 2 saturated heterocycles. The molecule has 4 rings (SSSR count). The van der Waals surface area contributed by atoms with Gasteiger partial charge in [0.2, 0.25) is 5.91 Å². The Hall–Kier alpha value is -2.83. The smallest absolute Gasteiger partial charge is 0.253 e. The minimum absolute atomic E-state index is 0.00601. The van der Waals surface area contributed by atoms with E-state index in [2.05, 4.69) is 4.98 Å². The van der Waals surface area contributed by atoms with E-state index >= 15 is 0 Å². The van der Waals surface area contributed by atoms with Crippen LogP contribution in [-0.2, 0) is 11.3 Å². The fourth-order valence-corrected chi connectivity index (χ4v) is 4.26. The van der Waals surface area contributed by atoms with E-state index in [-0.39, 0.29) is 18.4 Å². The summed E-state index contributed by atoms with van der Waals surface area (Å²) in [7, 11) is 0. The maximum Gasteiger partial charge on any atom is 0.253 e.